The quantitative estimate of drug-likeness (QED) is 0.820. The molecule has 4 nitrogen and oxygen atoms in total. The second kappa shape index (κ2) is 5.79. The van der Waals surface area contributed by atoms with E-state index in [1.54, 1.807) is 10.7 Å². The molecule has 0 radical (unpaired) electrons. The molecule has 1 heterocycles. The van der Waals surface area contributed by atoms with E-state index in [4.69, 9.17) is 18.0 Å². The van der Waals surface area contributed by atoms with E-state index < -0.39 is 0 Å². The zero-order chi connectivity index (χ0) is 13.8. The molecule has 0 bridgehead atoms. The van der Waals surface area contributed by atoms with Crippen LogP contribution in [0.5, 0.6) is 0 Å². The van der Waals surface area contributed by atoms with Crippen molar-refractivity contribution < 1.29 is 4.39 Å². The van der Waals surface area contributed by atoms with Crippen LogP contribution in [0.2, 0.25) is 0 Å². The molecule has 0 spiro atoms. The number of nitrogens with one attached hydrogen (secondary N) is 1. The fourth-order valence-electron chi connectivity index (χ4n) is 1.82. The highest BCUT2D eigenvalue weighted by Gasteiger charge is 2.06. The van der Waals surface area contributed by atoms with Gasteiger partial charge in [0.05, 0.1) is 6.20 Å². The van der Waals surface area contributed by atoms with Gasteiger partial charge in [-0.3, -0.25) is 4.68 Å². The highest BCUT2D eigenvalue weighted by Crippen LogP contribution is 2.17. The topological polar surface area (TPSA) is 55.9 Å². The molecule has 6 heteroatoms. The van der Waals surface area contributed by atoms with Gasteiger partial charge < -0.3 is 11.1 Å². The largest absolute Gasteiger partial charge is 0.389 e. The molecule has 0 atom stereocenters. The zero-order valence-electron chi connectivity index (χ0n) is 10.6. The summed E-state index contributed by atoms with van der Waals surface area (Å²) < 4.78 is 14.9. The normalized spacial score (nSPS) is 10.4. The van der Waals surface area contributed by atoms with Gasteiger partial charge in [-0.15, -0.1) is 0 Å². The van der Waals surface area contributed by atoms with Crippen LogP contribution in [0.25, 0.3) is 0 Å². The van der Waals surface area contributed by atoms with Gasteiger partial charge in [-0.1, -0.05) is 12.2 Å². The van der Waals surface area contributed by atoms with E-state index in [9.17, 15) is 4.39 Å². The van der Waals surface area contributed by atoms with Crippen molar-refractivity contribution in [3.8, 4) is 0 Å². The maximum absolute atomic E-state index is 13.1. The molecule has 0 unspecified atom stereocenters. The average Bonchev–Trinajstić information content (AvgIpc) is 2.77. The van der Waals surface area contributed by atoms with Crippen LogP contribution >= 0.6 is 12.2 Å². The predicted octanol–water partition coefficient (Wildman–Crippen LogP) is 1.85. The van der Waals surface area contributed by atoms with Gasteiger partial charge in [0.2, 0.25) is 0 Å². The predicted molar refractivity (Wildman–Crippen MR) is 77.7 cm³/mol. The smallest absolute Gasteiger partial charge is 0.124 e. The molecule has 1 aromatic heterocycles. The van der Waals surface area contributed by atoms with Gasteiger partial charge in [0.25, 0.3) is 0 Å². The third-order valence-electron chi connectivity index (χ3n) is 2.73. The Morgan fingerprint density at radius 1 is 1.53 bits per heavy atom. The summed E-state index contributed by atoms with van der Waals surface area (Å²) >= 11 is 4.91. The Labute approximate surface area is 116 Å². The molecule has 2 rings (SSSR count). The number of hydrogen-bond acceptors (Lipinski definition) is 3. The molecule has 0 aliphatic carbocycles. The van der Waals surface area contributed by atoms with Crippen molar-refractivity contribution >= 4 is 22.9 Å². The summed E-state index contributed by atoms with van der Waals surface area (Å²) in [4.78, 5) is 0.184. The van der Waals surface area contributed by atoms with E-state index in [-0.39, 0.29) is 10.8 Å². The fourth-order valence-corrected chi connectivity index (χ4v) is 1.99. The van der Waals surface area contributed by atoms with E-state index in [1.165, 1.54) is 12.1 Å². The summed E-state index contributed by atoms with van der Waals surface area (Å²) in [5, 5.41) is 7.31. The Bertz CT molecular complexity index is 594. The summed E-state index contributed by atoms with van der Waals surface area (Å²) in [6.07, 6.45) is 4.60. The van der Waals surface area contributed by atoms with E-state index in [2.05, 4.69) is 10.4 Å². The molecule has 0 saturated heterocycles. The minimum absolute atomic E-state index is 0.184. The van der Waals surface area contributed by atoms with Crippen molar-refractivity contribution in [3.05, 3.63) is 47.5 Å². The van der Waals surface area contributed by atoms with Gasteiger partial charge in [-0.25, -0.2) is 4.39 Å². The van der Waals surface area contributed by atoms with Gasteiger partial charge >= 0.3 is 0 Å². The first-order valence-corrected chi connectivity index (χ1v) is 6.28. The number of nitrogens with zero attached hydrogens (tertiary/aromatic N) is 2. The number of anilines is 1. The second-order valence-electron chi connectivity index (χ2n) is 4.25. The van der Waals surface area contributed by atoms with Crippen LogP contribution in [0.1, 0.15) is 11.1 Å². The average molecular weight is 278 g/mol. The molecule has 100 valence electrons. The molecule has 19 heavy (non-hydrogen) atoms. The number of rotatable bonds is 5. The van der Waals surface area contributed by atoms with Crippen LogP contribution in [0.15, 0.2) is 30.6 Å². The molecular formula is C13H15FN4S. The highest BCUT2D eigenvalue weighted by atomic mass is 32.1. The van der Waals surface area contributed by atoms with Crippen molar-refractivity contribution in [1.29, 1.82) is 0 Å². The van der Waals surface area contributed by atoms with Crippen LogP contribution in [-0.2, 0) is 13.5 Å². The maximum atomic E-state index is 13.1. The number of aromatic nitrogens is 2. The van der Waals surface area contributed by atoms with Gasteiger partial charge in [0.15, 0.2) is 0 Å². The third kappa shape index (κ3) is 3.51. The lowest BCUT2D eigenvalue weighted by Crippen LogP contribution is -2.14. The van der Waals surface area contributed by atoms with Crippen LogP contribution in [0, 0.1) is 5.82 Å². The lowest BCUT2D eigenvalue weighted by atomic mass is 10.1. The SMILES string of the molecule is Cn1cc(CCNc2ccc(F)cc2C(N)=S)cn1. The molecular weight excluding hydrogens is 263 g/mol. The number of benzene rings is 1. The molecule has 0 saturated carbocycles. The number of nitrogens with two attached hydrogens (primary N) is 1. The molecule has 0 aliphatic heterocycles. The number of aryl methyl sites for hydroxylation is 1. The second-order valence-corrected chi connectivity index (χ2v) is 4.69. The lowest BCUT2D eigenvalue weighted by Gasteiger charge is -2.10. The molecule has 1 aromatic carbocycles. The maximum Gasteiger partial charge on any atom is 0.124 e. The Kier molecular flexibility index (Phi) is 4.11. The highest BCUT2D eigenvalue weighted by molar-refractivity contribution is 7.80. The number of thiocarbonyl (C=S) groups is 1. The van der Waals surface area contributed by atoms with Crippen LogP contribution in [-0.4, -0.2) is 21.3 Å². The monoisotopic (exact) mass is 278 g/mol. The summed E-state index contributed by atoms with van der Waals surface area (Å²) in [7, 11) is 1.88. The molecule has 0 amide bonds. The zero-order valence-corrected chi connectivity index (χ0v) is 11.4. The Morgan fingerprint density at radius 3 is 2.95 bits per heavy atom. The lowest BCUT2D eigenvalue weighted by molar-refractivity contribution is 0.627. The van der Waals surface area contributed by atoms with Crippen molar-refractivity contribution in [1.82, 2.24) is 9.78 Å². The first-order valence-electron chi connectivity index (χ1n) is 5.87. The summed E-state index contributed by atoms with van der Waals surface area (Å²) in [6.45, 7) is 0.701. The van der Waals surface area contributed by atoms with E-state index in [0.29, 0.717) is 12.1 Å². The molecule has 2 aromatic rings. The Balaban J connectivity index is 2.01. The summed E-state index contributed by atoms with van der Waals surface area (Å²) in [6, 6.07) is 4.37. The molecule has 0 fully saturated rings. The Hall–Kier alpha value is -1.95. The third-order valence-corrected chi connectivity index (χ3v) is 2.95. The minimum atomic E-state index is -0.347. The summed E-state index contributed by atoms with van der Waals surface area (Å²) in [5.74, 6) is -0.347. The van der Waals surface area contributed by atoms with Crippen LogP contribution in [0.4, 0.5) is 10.1 Å². The van der Waals surface area contributed by atoms with Crippen molar-refractivity contribution in [2.24, 2.45) is 12.8 Å². The Morgan fingerprint density at radius 2 is 2.32 bits per heavy atom. The standard InChI is InChI=1S/C13H15FN4S/c1-18-8-9(7-17-18)4-5-16-12-3-2-10(14)6-11(12)13(15)19/h2-3,6-8,16H,4-5H2,1H3,(H2,15,19). The first-order chi connectivity index (χ1) is 9.06. The first kappa shape index (κ1) is 13.5. The van der Waals surface area contributed by atoms with E-state index in [1.807, 2.05) is 19.4 Å². The van der Waals surface area contributed by atoms with Gasteiger partial charge in [-0.05, 0) is 30.2 Å². The van der Waals surface area contributed by atoms with E-state index in [0.717, 1.165) is 17.7 Å². The van der Waals surface area contributed by atoms with Crippen molar-refractivity contribution in [3.63, 3.8) is 0 Å². The van der Waals surface area contributed by atoms with Crippen LogP contribution < -0.4 is 11.1 Å². The van der Waals surface area contributed by atoms with Crippen molar-refractivity contribution in [2.45, 2.75) is 6.42 Å². The van der Waals surface area contributed by atoms with Crippen LogP contribution in [0.3, 0.4) is 0 Å². The number of hydrogen-bond donors (Lipinski definition) is 2. The van der Waals surface area contributed by atoms with Gasteiger partial charge in [0, 0.05) is 31.0 Å². The number of halogens is 1. The summed E-state index contributed by atoms with van der Waals surface area (Å²) in [5.41, 5.74) is 7.99. The minimum Gasteiger partial charge on any atom is -0.389 e. The van der Waals surface area contributed by atoms with Crippen molar-refractivity contribution in [2.75, 3.05) is 11.9 Å². The van der Waals surface area contributed by atoms with Gasteiger partial charge in [0.1, 0.15) is 10.8 Å². The molecule has 0 aliphatic rings. The van der Waals surface area contributed by atoms with Gasteiger partial charge in [-0.2, -0.15) is 5.10 Å². The van der Waals surface area contributed by atoms with E-state index >= 15 is 0 Å². The fraction of sp³-hybridized carbons (Fsp3) is 0.231. The molecule has 3 N–H and O–H groups in total.